The highest BCUT2D eigenvalue weighted by Gasteiger charge is 2.30. The van der Waals surface area contributed by atoms with Gasteiger partial charge in [-0.2, -0.15) is 13.2 Å². The molecule has 2 aromatic rings. The van der Waals surface area contributed by atoms with Crippen molar-refractivity contribution >= 4 is 11.9 Å². The Morgan fingerprint density at radius 2 is 1.51 bits per heavy atom. The average molecular weight is 635 g/mol. The molecule has 1 fully saturated rings. The number of halogens is 3. The largest absolute Gasteiger partial charge is 0.453 e. The van der Waals surface area contributed by atoms with Gasteiger partial charge in [0, 0.05) is 12.0 Å². The van der Waals surface area contributed by atoms with Crippen LogP contribution in [0, 0.1) is 12.8 Å². The highest BCUT2D eigenvalue weighted by atomic mass is 19.4. The van der Waals surface area contributed by atoms with Gasteiger partial charge < -0.3 is 29.2 Å². The molecule has 11 heteroatoms. The van der Waals surface area contributed by atoms with Gasteiger partial charge in [0.25, 0.3) is 0 Å². The summed E-state index contributed by atoms with van der Waals surface area (Å²) in [4.78, 5) is 23.9. The zero-order valence-electron chi connectivity index (χ0n) is 25.7. The van der Waals surface area contributed by atoms with Crippen LogP contribution in [0.4, 0.5) is 13.2 Å². The summed E-state index contributed by atoms with van der Waals surface area (Å²) in [5.41, 5.74) is 4.45. The number of benzene rings is 2. The number of hydrogen-bond donors (Lipinski definition) is 2. The molecular formula is C34H41F3O8. The maximum atomic E-state index is 12.7. The summed E-state index contributed by atoms with van der Waals surface area (Å²) in [6.45, 7) is 8.66. The molecule has 0 aromatic heterocycles. The Balaban J connectivity index is 1.82. The number of carbonyl (C=O) groups is 2. The number of carbonyl (C=O) groups excluding carboxylic acids is 2. The first-order valence-corrected chi connectivity index (χ1v) is 14.9. The number of aliphatic hydroxyl groups excluding tert-OH is 2. The van der Waals surface area contributed by atoms with Crippen LogP contribution in [0.1, 0.15) is 68.1 Å². The Kier molecular flexibility index (Phi) is 13.0. The van der Waals surface area contributed by atoms with E-state index < -0.39 is 51.3 Å². The Morgan fingerprint density at radius 3 is 2.04 bits per heavy atom. The van der Waals surface area contributed by atoms with Crippen LogP contribution >= 0.6 is 0 Å². The first-order valence-electron chi connectivity index (χ1n) is 14.9. The summed E-state index contributed by atoms with van der Waals surface area (Å²) in [5, 5.41) is 18.2. The molecule has 0 aliphatic heterocycles. The molecule has 0 radical (unpaired) electrons. The molecule has 2 aromatic carbocycles. The fourth-order valence-electron chi connectivity index (χ4n) is 5.55. The molecule has 246 valence electrons. The third-order valence-corrected chi connectivity index (χ3v) is 8.04. The SMILES string of the molecule is C=C(CO)C(=O)OCOc1ccc(-c2ccc(C3CCC(CCC(F)(F)F)CC3)c(C)c2)c(CC)c1OCOC(=O)C(=C)CO. The Bertz CT molecular complexity index is 1360. The van der Waals surface area contributed by atoms with Gasteiger partial charge in [-0.15, -0.1) is 0 Å². The van der Waals surface area contributed by atoms with Gasteiger partial charge >= 0.3 is 18.1 Å². The Morgan fingerprint density at radius 1 is 0.911 bits per heavy atom. The quantitative estimate of drug-likeness (QED) is 0.127. The van der Waals surface area contributed by atoms with E-state index in [0.29, 0.717) is 6.42 Å². The van der Waals surface area contributed by atoms with Crippen molar-refractivity contribution in [2.45, 2.75) is 70.9 Å². The lowest BCUT2D eigenvalue weighted by Gasteiger charge is -2.30. The second-order valence-electron chi connectivity index (χ2n) is 11.1. The summed E-state index contributed by atoms with van der Waals surface area (Å²) in [7, 11) is 0. The molecule has 0 saturated heterocycles. The molecule has 0 amide bonds. The topological polar surface area (TPSA) is 112 Å². The van der Waals surface area contributed by atoms with E-state index in [0.717, 1.165) is 47.9 Å². The Labute approximate surface area is 261 Å². The number of ether oxygens (including phenoxy) is 4. The number of aryl methyl sites for hydroxylation is 1. The summed E-state index contributed by atoms with van der Waals surface area (Å²) >= 11 is 0. The minimum Gasteiger partial charge on any atom is -0.453 e. The van der Waals surface area contributed by atoms with Crippen LogP contribution < -0.4 is 9.47 Å². The second kappa shape index (κ2) is 16.5. The first kappa shape index (κ1) is 35.6. The maximum absolute atomic E-state index is 12.7. The molecule has 0 bridgehead atoms. The Hall–Kier alpha value is -3.83. The molecule has 2 N–H and O–H groups in total. The minimum atomic E-state index is -4.11. The minimum absolute atomic E-state index is 0.103. The zero-order chi connectivity index (χ0) is 33.1. The average Bonchev–Trinajstić information content (AvgIpc) is 3.02. The van der Waals surface area contributed by atoms with E-state index in [4.69, 9.17) is 29.2 Å². The van der Waals surface area contributed by atoms with Gasteiger partial charge in [0.15, 0.2) is 11.5 Å². The molecule has 1 aliphatic carbocycles. The summed E-state index contributed by atoms with van der Waals surface area (Å²) in [6.07, 6.45) is -0.895. The van der Waals surface area contributed by atoms with E-state index in [2.05, 4.69) is 25.3 Å². The summed E-state index contributed by atoms with van der Waals surface area (Å²) in [5.74, 6) is -0.791. The highest BCUT2D eigenvalue weighted by molar-refractivity contribution is 5.88. The monoisotopic (exact) mass is 634 g/mol. The van der Waals surface area contributed by atoms with E-state index in [1.807, 2.05) is 26.0 Å². The maximum Gasteiger partial charge on any atom is 0.389 e. The molecule has 45 heavy (non-hydrogen) atoms. The van der Waals surface area contributed by atoms with Crippen molar-refractivity contribution < 1.29 is 51.9 Å². The van der Waals surface area contributed by atoms with Crippen LogP contribution in [0.5, 0.6) is 11.5 Å². The van der Waals surface area contributed by atoms with E-state index in [-0.39, 0.29) is 40.9 Å². The number of rotatable bonds is 15. The highest BCUT2D eigenvalue weighted by Crippen LogP contribution is 2.43. The normalized spacial score (nSPS) is 16.5. The molecule has 1 aliphatic rings. The van der Waals surface area contributed by atoms with E-state index in [1.165, 1.54) is 5.56 Å². The van der Waals surface area contributed by atoms with Gasteiger partial charge in [-0.3, -0.25) is 0 Å². The summed E-state index contributed by atoms with van der Waals surface area (Å²) in [6, 6.07) is 9.63. The molecular weight excluding hydrogens is 593 g/mol. The van der Waals surface area contributed by atoms with Gasteiger partial charge in [0.05, 0.1) is 24.4 Å². The number of alkyl halides is 3. The van der Waals surface area contributed by atoms with Crippen LogP contribution in [0.2, 0.25) is 0 Å². The van der Waals surface area contributed by atoms with Crippen LogP contribution in [-0.4, -0.2) is 55.1 Å². The van der Waals surface area contributed by atoms with Crippen LogP contribution in [0.3, 0.4) is 0 Å². The van der Waals surface area contributed by atoms with E-state index in [1.54, 1.807) is 6.07 Å². The number of esters is 2. The van der Waals surface area contributed by atoms with E-state index in [9.17, 15) is 22.8 Å². The van der Waals surface area contributed by atoms with Crippen LogP contribution in [0.15, 0.2) is 54.6 Å². The predicted molar refractivity (Wildman–Crippen MR) is 162 cm³/mol. The summed E-state index contributed by atoms with van der Waals surface area (Å²) < 4.78 is 59.6. The van der Waals surface area contributed by atoms with E-state index >= 15 is 0 Å². The van der Waals surface area contributed by atoms with Gasteiger partial charge in [-0.05, 0) is 85.6 Å². The third-order valence-electron chi connectivity index (χ3n) is 8.04. The van der Waals surface area contributed by atoms with Crippen molar-refractivity contribution in [2.24, 2.45) is 5.92 Å². The number of aliphatic hydroxyl groups is 2. The molecule has 1 saturated carbocycles. The van der Waals surface area contributed by atoms with Crippen molar-refractivity contribution in [1.29, 1.82) is 0 Å². The number of hydrogen-bond acceptors (Lipinski definition) is 8. The first-order chi connectivity index (χ1) is 21.4. The van der Waals surface area contributed by atoms with Gasteiger partial charge in [0.2, 0.25) is 13.6 Å². The molecule has 0 spiro atoms. The van der Waals surface area contributed by atoms with Crippen LogP contribution in [-0.2, 0) is 25.5 Å². The van der Waals surface area contributed by atoms with Crippen molar-refractivity contribution in [3.05, 3.63) is 71.3 Å². The van der Waals surface area contributed by atoms with Gasteiger partial charge in [-0.1, -0.05) is 44.3 Å². The molecule has 3 rings (SSSR count). The molecule has 8 nitrogen and oxygen atoms in total. The molecule has 0 heterocycles. The second-order valence-corrected chi connectivity index (χ2v) is 11.1. The lowest BCUT2D eigenvalue weighted by molar-refractivity contribution is -0.148. The lowest BCUT2D eigenvalue weighted by atomic mass is 9.76. The van der Waals surface area contributed by atoms with Crippen molar-refractivity contribution in [2.75, 3.05) is 26.8 Å². The van der Waals surface area contributed by atoms with Crippen molar-refractivity contribution in [3.63, 3.8) is 0 Å². The third kappa shape index (κ3) is 10.1. The fraction of sp³-hybridized carbons (Fsp3) is 0.471. The molecule has 0 atom stereocenters. The van der Waals surface area contributed by atoms with Gasteiger partial charge in [0.1, 0.15) is 0 Å². The zero-order valence-corrected chi connectivity index (χ0v) is 25.7. The standard InChI is InChI=1S/C34H41F3O8/c1-5-27-29(26-10-11-28(21(2)16-26)25-8-6-24(7-9-25)14-15-34(35,36)37)12-13-30(42-19-44-32(40)22(3)17-38)31(27)43-20-45-33(41)23(4)18-39/h10-13,16,24-25,38-39H,3-9,14-15,17-20H2,1-2H3. The fourth-order valence-corrected chi connectivity index (χ4v) is 5.55. The molecule has 0 unspecified atom stereocenters. The van der Waals surface area contributed by atoms with Gasteiger partial charge in [-0.25, -0.2) is 9.59 Å². The van der Waals surface area contributed by atoms with Crippen molar-refractivity contribution in [1.82, 2.24) is 0 Å². The van der Waals surface area contributed by atoms with Crippen molar-refractivity contribution in [3.8, 4) is 22.6 Å². The predicted octanol–water partition coefficient (Wildman–Crippen LogP) is 6.70. The lowest BCUT2D eigenvalue weighted by Crippen LogP contribution is -2.17. The van der Waals surface area contributed by atoms with Crippen LogP contribution in [0.25, 0.3) is 11.1 Å². The smallest absolute Gasteiger partial charge is 0.389 e.